The first-order valence-corrected chi connectivity index (χ1v) is 12.0. The van der Waals surface area contributed by atoms with Gasteiger partial charge < -0.3 is 19.3 Å². The van der Waals surface area contributed by atoms with Crippen LogP contribution in [0.4, 0.5) is 15.0 Å². The molecule has 2 rings (SSSR count). The van der Waals surface area contributed by atoms with E-state index in [0.29, 0.717) is 36.0 Å². The highest BCUT2D eigenvalue weighted by Crippen LogP contribution is 2.36. The van der Waals surface area contributed by atoms with Crippen molar-refractivity contribution >= 4 is 46.2 Å². The van der Waals surface area contributed by atoms with Crippen molar-refractivity contribution < 1.29 is 18.7 Å². The highest BCUT2D eigenvalue weighted by Gasteiger charge is 2.24. The Hall–Kier alpha value is -2.07. The number of hydrogen-bond acceptors (Lipinski definition) is 8. The Balaban J connectivity index is 0.00000249. The maximum absolute atomic E-state index is 14.7. The number of pyridine rings is 1. The first kappa shape index (κ1) is 28.0. The van der Waals surface area contributed by atoms with Gasteiger partial charge in [0.2, 0.25) is 5.88 Å². The van der Waals surface area contributed by atoms with Gasteiger partial charge in [0.1, 0.15) is 22.3 Å². The standard InChI is InChI=1S/C19H27ClFN5O3S.C2H6/c1-8-26(10-9-25(5)18(27)29-19(2,3)4)15-11-13(22-17(24-15)30-7)12(21)14(20)23-16(11)28-6;1-2/h8-10H2,1-7H3;1-2H3. The van der Waals surface area contributed by atoms with Gasteiger partial charge in [0.05, 0.1) is 7.11 Å². The highest BCUT2D eigenvalue weighted by atomic mass is 35.5. The lowest BCUT2D eigenvalue weighted by Crippen LogP contribution is -2.39. The summed E-state index contributed by atoms with van der Waals surface area (Å²) in [5.41, 5.74) is -0.540. The lowest BCUT2D eigenvalue weighted by molar-refractivity contribution is 0.0303. The largest absolute Gasteiger partial charge is 0.480 e. The molecule has 0 saturated heterocycles. The van der Waals surface area contributed by atoms with Crippen LogP contribution < -0.4 is 9.64 Å². The molecule has 0 saturated carbocycles. The van der Waals surface area contributed by atoms with E-state index in [2.05, 4.69) is 15.0 Å². The third-order valence-electron chi connectivity index (χ3n) is 4.14. The molecule has 0 radical (unpaired) electrons. The number of methoxy groups -OCH3 is 1. The van der Waals surface area contributed by atoms with Crippen molar-refractivity contribution in [2.45, 2.75) is 52.3 Å². The van der Waals surface area contributed by atoms with Gasteiger partial charge in [-0.1, -0.05) is 37.2 Å². The molecule has 0 aliphatic rings. The zero-order valence-corrected chi connectivity index (χ0v) is 21.8. The van der Waals surface area contributed by atoms with E-state index in [4.69, 9.17) is 21.1 Å². The number of carbonyl (C=O) groups is 1. The van der Waals surface area contributed by atoms with Crippen molar-refractivity contribution in [1.29, 1.82) is 0 Å². The van der Waals surface area contributed by atoms with Crippen molar-refractivity contribution in [3.63, 3.8) is 0 Å². The van der Waals surface area contributed by atoms with Crippen LogP contribution in [0.25, 0.3) is 10.9 Å². The second kappa shape index (κ2) is 12.2. The van der Waals surface area contributed by atoms with Crippen molar-refractivity contribution in [3.8, 4) is 5.88 Å². The van der Waals surface area contributed by atoms with Crippen molar-refractivity contribution in [1.82, 2.24) is 19.9 Å². The van der Waals surface area contributed by atoms with Gasteiger partial charge in [0.15, 0.2) is 16.1 Å². The smallest absolute Gasteiger partial charge is 0.410 e. The molecule has 0 aliphatic carbocycles. The number of aromatic nitrogens is 3. The number of carbonyl (C=O) groups excluding carboxylic acids is 1. The number of nitrogens with zero attached hydrogens (tertiary/aromatic N) is 5. The zero-order chi connectivity index (χ0) is 24.6. The van der Waals surface area contributed by atoms with Crippen molar-refractivity contribution in [2.75, 3.05) is 44.9 Å². The molecule has 0 unspecified atom stereocenters. The molecule has 180 valence electrons. The highest BCUT2D eigenvalue weighted by molar-refractivity contribution is 7.98. The Labute approximate surface area is 198 Å². The zero-order valence-electron chi connectivity index (χ0n) is 20.2. The first-order chi connectivity index (χ1) is 15.0. The maximum atomic E-state index is 14.7. The number of hydrogen-bond donors (Lipinski definition) is 0. The number of thioether (sulfide) groups is 1. The summed E-state index contributed by atoms with van der Waals surface area (Å²) in [4.78, 5) is 28.5. The number of likely N-dealkylation sites (N-methyl/N-ethyl adjacent to an activating group) is 2. The van der Waals surface area contributed by atoms with Crippen LogP contribution >= 0.6 is 23.4 Å². The topological polar surface area (TPSA) is 80.7 Å². The molecule has 8 nitrogen and oxygen atoms in total. The fraction of sp³-hybridized carbons (Fsp3) is 0.619. The molecule has 2 heterocycles. The fourth-order valence-electron chi connectivity index (χ4n) is 2.66. The number of fused-ring (bicyclic) bond motifs is 1. The van der Waals surface area contributed by atoms with E-state index in [9.17, 15) is 9.18 Å². The summed E-state index contributed by atoms with van der Waals surface area (Å²) in [6.07, 6.45) is 1.38. The van der Waals surface area contributed by atoms with E-state index >= 15 is 0 Å². The molecule has 0 aliphatic heterocycles. The van der Waals surface area contributed by atoms with Gasteiger partial charge in [-0.25, -0.2) is 19.2 Å². The molecule has 0 fully saturated rings. The van der Waals surface area contributed by atoms with Crippen LogP contribution in [-0.4, -0.2) is 71.6 Å². The first-order valence-electron chi connectivity index (χ1n) is 10.4. The van der Waals surface area contributed by atoms with Gasteiger partial charge >= 0.3 is 6.09 Å². The number of amides is 1. The van der Waals surface area contributed by atoms with Gasteiger partial charge in [0.25, 0.3) is 0 Å². The van der Waals surface area contributed by atoms with Crippen LogP contribution in [0.2, 0.25) is 5.15 Å². The average Bonchev–Trinajstić information content (AvgIpc) is 2.76. The third-order valence-corrected chi connectivity index (χ3v) is 4.94. The lowest BCUT2D eigenvalue weighted by atomic mass is 10.2. The predicted molar refractivity (Wildman–Crippen MR) is 129 cm³/mol. The van der Waals surface area contributed by atoms with Gasteiger partial charge in [-0.15, -0.1) is 0 Å². The lowest BCUT2D eigenvalue weighted by Gasteiger charge is -2.28. The van der Waals surface area contributed by atoms with E-state index in [1.54, 1.807) is 13.3 Å². The Morgan fingerprint density at radius 1 is 1.19 bits per heavy atom. The molecular formula is C21H33ClFN5O3S. The van der Waals surface area contributed by atoms with Gasteiger partial charge in [0, 0.05) is 26.7 Å². The second-order valence-electron chi connectivity index (χ2n) is 7.46. The second-order valence-corrected chi connectivity index (χ2v) is 8.60. The predicted octanol–water partition coefficient (Wildman–Crippen LogP) is 5.27. The summed E-state index contributed by atoms with van der Waals surface area (Å²) < 4.78 is 25.4. The molecule has 0 aromatic carbocycles. The SMILES string of the molecule is CC.CCN(CCN(C)C(=O)OC(C)(C)C)c1nc(SC)nc2c(F)c(Cl)nc(OC)c12. The number of rotatable bonds is 7. The number of ether oxygens (including phenoxy) is 2. The van der Waals surface area contributed by atoms with Crippen LogP contribution in [0.5, 0.6) is 5.88 Å². The van der Waals surface area contributed by atoms with Crippen LogP contribution in [0.1, 0.15) is 41.5 Å². The van der Waals surface area contributed by atoms with Gasteiger partial charge in [-0.3, -0.25) is 0 Å². The molecule has 1 amide bonds. The van der Waals surface area contributed by atoms with Crippen LogP contribution in [-0.2, 0) is 4.74 Å². The minimum absolute atomic E-state index is 0.0418. The molecule has 0 atom stereocenters. The van der Waals surface area contributed by atoms with E-state index in [1.807, 2.05) is 46.4 Å². The van der Waals surface area contributed by atoms with Crippen molar-refractivity contribution in [3.05, 3.63) is 11.0 Å². The molecule has 2 aromatic heterocycles. The molecule has 11 heteroatoms. The number of anilines is 1. The minimum atomic E-state index is -0.728. The Kier molecular flexibility index (Phi) is 10.7. The van der Waals surface area contributed by atoms with E-state index in [1.165, 1.54) is 23.8 Å². The van der Waals surface area contributed by atoms with E-state index in [-0.39, 0.29) is 16.5 Å². The van der Waals surface area contributed by atoms with Crippen LogP contribution in [0.15, 0.2) is 5.16 Å². The number of halogens is 2. The van der Waals surface area contributed by atoms with E-state index < -0.39 is 17.5 Å². The van der Waals surface area contributed by atoms with Crippen LogP contribution in [0.3, 0.4) is 0 Å². The van der Waals surface area contributed by atoms with E-state index in [0.717, 1.165) is 0 Å². The molecule has 0 spiro atoms. The minimum Gasteiger partial charge on any atom is -0.480 e. The fourth-order valence-corrected chi connectivity index (χ4v) is 3.19. The average molecular weight is 490 g/mol. The van der Waals surface area contributed by atoms with Crippen LogP contribution in [0, 0.1) is 5.82 Å². The summed E-state index contributed by atoms with van der Waals surface area (Å²) in [5, 5.41) is 0.405. The quantitative estimate of drug-likeness (QED) is 0.295. The molecule has 0 N–H and O–H groups in total. The Morgan fingerprint density at radius 2 is 1.81 bits per heavy atom. The normalized spacial score (nSPS) is 11.0. The molecule has 0 bridgehead atoms. The molecule has 2 aromatic rings. The Morgan fingerprint density at radius 3 is 2.31 bits per heavy atom. The summed E-state index contributed by atoms with van der Waals surface area (Å²) in [7, 11) is 3.09. The Bertz CT molecular complexity index is 927. The molecule has 32 heavy (non-hydrogen) atoms. The van der Waals surface area contributed by atoms with Crippen molar-refractivity contribution in [2.24, 2.45) is 0 Å². The monoisotopic (exact) mass is 489 g/mol. The summed E-state index contributed by atoms with van der Waals surface area (Å²) >= 11 is 7.20. The van der Waals surface area contributed by atoms with Gasteiger partial charge in [-0.2, -0.15) is 4.98 Å². The maximum Gasteiger partial charge on any atom is 0.410 e. The summed E-state index contributed by atoms with van der Waals surface area (Å²) in [6.45, 7) is 12.7. The third kappa shape index (κ3) is 6.96. The van der Waals surface area contributed by atoms with Gasteiger partial charge in [-0.05, 0) is 34.0 Å². The molecular weight excluding hydrogens is 457 g/mol. The summed E-state index contributed by atoms with van der Waals surface area (Å²) in [6, 6.07) is 0. The summed E-state index contributed by atoms with van der Waals surface area (Å²) in [5.74, 6) is -0.129.